The molecule has 0 N–H and O–H groups in total. The molecular formula is C24H24N2O3. The van der Waals surface area contributed by atoms with Gasteiger partial charge < -0.3 is 14.4 Å². The average Bonchev–Trinajstić information content (AvgIpc) is 3.25. The predicted molar refractivity (Wildman–Crippen MR) is 112 cm³/mol. The highest BCUT2D eigenvalue weighted by Gasteiger charge is 2.28. The van der Waals surface area contributed by atoms with Gasteiger partial charge in [0.25, 0.3) is 5.91 Å². The van der Waals surface area contributed by atoms with E-state index in [4.69, 9.17) is 14.5 Å². The number of pyridine rings is 1. The largest absolute Gasteiger partial charge is 0.454 e. The van der Waals surface area contributed by atoms with Gasteiger partial charge in [-0.15, -0.1) is 0 Å². The first-order valence-corrected chi connectivity index (χ1v) is 10.4. The highest BCUT2D eigenvalue weighted by Crippen LogP contribution is 2.36. The lowest BCUT2D eigenvalue weighted by Crippen LogP contribution is -2.43. The molecule has 3 heterocycles. The van der Waals surface area contributed by atoms with E-state index in [-0.39, 0.29) is 12.7 Å². The second-order valence-corrected chi connectivity index (χ2v) is 7.70. The Morgan fingerprint density at radius 2 is 1.97 bits per heavy atom. The maximum atomic E-state index is 13.6. The molecule has 2 aromatic carbocycles. The SMILES string of the molecule is CCC1CCCCN1C(=O)c1cc(-c2ccc3c(c2)OCO3)nc2ccccc12. The highest BCUT2D eigenvalue weighted by molar-refractivity contribution is 6.07. The summed E-state index contributed by atoms with van der Waals surface area (Å²) < 4.78 is 10.9. The zero-order chi connectivity index (χ0) is 19.8. The Kier molecular flexibility index (Phi) is 4.58. The summed E-state index contributed by atoms with van der Waals surface area (Å²) in [5, 5.41) is 0.905. The molecule has 1 aromatic heterocycles. The van der Waals surface area contributed by atoms with Gasteiger partial charge >= 0.3 is 0 Å². The maximum absolute atomic E-state index is 13.6. The van der Waals surface area contributed by atoms with Gasteiger partial charge in [-0.1, -0.05) is 25.1 Å². The molecule has 5 nitrogen and oxygen atoms in total. The molecule has 2 aliphatic heterocycles. The molecule has 5 rings (SSSR count). The second kappa shape index (κ2) is 7.39. The van der Waals surface area contributed by atoms with Crippen LogP contribution in [0.25, 0.3) is 22.2 Å². The Morgan fingerprint density at radius 3 is 2.86 bits per heavy atom. The first-order valence-electron chi connectivity index (χ1n) is 10.4. The number of fused-ring (bicyclic) bond motifs is 2. The Hall–Kier alpha value is -3.08. The number of likely N-dealkylation sites (tertiary alicyclic amines) is 1. The molecule has 1 fully saturated rings. The number of carbonyl (C=O) groups is 1. The van der Waals surface area contributed by atoms with Gasteiger partial charge in [-0.2, -0.15) is 0 Å². The van der Waals surface area contributed by atoms with Crippen molar-refractivity contribution in [3.05, 3.63) is 54.1 Å². The number of amides is 1. The zero-order valence-electron chi connectivity index (χ0n) is 16.6. The van der Waals surface area contributed by atoms with Gasteiger partial charge in [0.1, 0.15) is 0 Å². The van der Waals surface area contributed by atoms with Crippen molar-refractivity contribution in [2.75, 3.05) is 13.3 Å². The zero-order valence-corrected chi connectivity index (χ0v) is 16.6. The third-order valence-corrected chi connectivity index (χ3v) is 5.97. The standard InChI is InChI=1S/C24H24N2O3/c1-2-17-7-5-6-12-26(17)24(27)19-14-21(25-20-9-4-3-8-18(19)20)16-10-11-22-23(13-16)29-15-28-22/h3-4,8-11,13-14,17H,2,5-7,12,15H2,1H3. The summed E-state index contributed by atoms with van der Waals surface area (Å²) in [4.78, 5) is 20.5. The minimum absolute atomic E-state index is 0.108. The molecule has 2 aliphatic rings. The van der Waals surface area contributed by atoms with Crippen LogP contribution in [0.2, 0.25) is 0 Å². The van der Waals surface area contributed by atoms with Crippen molar-refractivity contribution < 1.29 is 14.3 Å². The molecule has 1 saturated heterocycles. The van der Waals surface area contributed by atoms with E-state index in [0.29, 0.717) is 11.8 Å². The Labute approximate surface area is 170 Å². The number of aromatic nitrogens is 1. The number of benzene rings is 2. The van der Waals surface area contributed by atoms with Crippen LogP contribution in [0.1, 0.15) is 43.0 Å². The summed E-state index contributed by atoms with van der Waals surface area (Å²) in [6.07, 6.45) is 4.34. The van der Waals surface area contributed by atoms with Gasteiger partial charge in [-0.25, -0.2) is 4.98 Å². The van der Waals surface area contributed by atoms with Crippen molar-refractivity contribution in [3.63, 3.8) is 0 Å². The van der Waals surface area contributed by atoms with E-state index >= 15 is 0 Å². The fourth-order valence-corrected chi connectivity index (χ4v) is 4.40. The van der Waals surface area contributed by atoms with Gasteiger partial charge in [-0.3, -0.25) is 4.79 Å². The summed E-state index contributed by atoms with van der Waals surface area (Å²) in [7, 11) is 0. The van der Waals surface area contributed by atoms with E-state index in [1.165, 1.54) is 6.42 Å². The second-order valence-electron chi connectivity index (χ2n) is 7.70. The monoisotopic (exact) mass is 388 g/mol. The molecule has 3 aromatic rings. The van der Waals surface area contributed by atoms with Crippen LogP contribution >= 0.6 is 0 Å². The van der Waals surface area contributed by atoms with Crippen molar-refractivity contribution in [2.24, 2.45) is 0 Å². The van der Waals surface area contributed by atoms with Crippen LogP contribution in [0.5, 0.6) is 11.5 Å². The molecule has 1 amide bonds. The minimum Gasteiger partial charge on any atom is -0.454 e. The molecule has 29 heavy (non-hydrogen) atoms. The van der Waals surface area contributed by atoms with Gasteiger partial charge in [0.15, 0.2) is 11.5 Å². The average molecular weight is 388 g/mol. The summed E-state index contributed by atoms with van der Waals surface area (Å²) in [6, 6.07) is 15.9. The number of nitrogens with zero attached hydrogens (tertiary/aromatic N) is 2. The lowest BCUT2D eigenvalue weighted by Gasteiger charge is -2.35. The van der Waals surface area contributed by atoms with Crippen LogP contribution in [0.4, 0.5) is 0 Å². The topological polar surface area (TPSA) is 51.7 Å². The van der Waals surface area contributed by atoms with Crippen molar-refractivity contribution in [2.45, 2.75) is 38.6 Å². The smallest absolute Gasteiger partial charge is 0.254 e. The molecule has 0 spiro atoms. The maximum Gasteiger partial charge on any atom is 0.254 e. The van der Waals surface area contributed by atoms with Gasteiger partial charge in [0.05, 0.1) is 16.8 Å². The van der Waals surface area contributed by atoms with E-state index in [2.05, 4.69) is 11.8 Å². The van der Waals surface area contributed by atoms with Crippen LogP contribution < -0.4 is 9.47 Å². The van der Waals surface area contributed by atoms with Gasteiger partial charge in [0, 0.05) is 23.5 Å². The van der Waals surface area contributed by atoms with Gasteiger partial charge in [0.2, 0.25) is 6.79 Å². The van der Waals surface area contributed by atoms with Crippen LogP contribution in [-0.2, 0) is 0 Å². The minimum atomic E-state index is 0.108. The number of rotatable bonds is 3. The molecule has 0 bridgehead atoms. The Balaban J connectivity index is 1.62. The predicted octanol–water partition coefficient (Wildman–Crippen LogP) is 5.04. The van der Waals surface area contributed by atoms with Crippen molar-refractivity contribution in [1.29, 1.82) is 0 Å². The fourth-order valence-electron chi connectivity index (χ4n) is 4.40. The first kappa shape index (κ1) is 18.0. The van der Waals surface area contributed by atoms with E-state index in [9.17, 15) is 4.79 Å². The summed E-state index contributed by atoms with van der Waals surface area (Å²) in [5.41, 5.74) is 3.25. The van der Waals surface area contributed by atoms with Gasteiger partial charge in [-0.05, 0) is 56.0 Å². The molecule has 1 unspecified atom stereocenters. The third kappa shape index (κ3) is 3.20. The van der Waals surface area contributed by atoms with E-state index in [1.807, 2.05) is 48.5 Å². The van der Waals surface area contributed by atoms with Crippen LogP contribution in [-0.4, -0.2) is 35.2 Å². The summed E-state index contributed by atoms with van der Waals surface area (Å²) in [6.45, 7) is 3.23. The van der Waals surface area contributed by atoms with E-state index in [1.54, 1.807) is 0 Å². The van der Waals surface area contributed by atoms with Crippen LogP contribution in [0, 0.1) is 0 Å². The van der Waals surface area contributed by atoms with E-state index in [0.717, 1.165) is 59.3 Å². The molecular weight excluding hydrogens is 364 g/mol. The quantitative estimate of drug-likeness (QED) is 0.631. The van der Waals surface area contributed by atoms with Crippen molar-refractivity contribution in [1.82, 2.24) is 9.88 Å². The molecule has 5 heteroatoms. The van der Waals surface area contributed by atoms with Crippen molar-refractivity contribution in [3.8, 4) is 22.8 Å². The molecule has 0 saturated carbocycles. The van der Waals surface area contributed by atoms with E-state index < -0.39 is 0 Å². The number of hydrogen-bond acceptors (Lipinski definition) is 4. The highest BCUT2D eigenvalue weighted by atomic mass is 16.7. The lowest BCUT2D eigenvalue weighted by atomic mass is 9.97. The number of piperidine rings is 1. The summed E-state index contributed by atoms with van der Waals surface area (Å²) in [5.74, 6) is 1.56. The number of para-hydroxylation sites is 1. The Morgan fingerprint density at radius 1 is 1.10 bits per heavy atom. The number of hydrogen-bond donors (Lipinski definition) is 0. The Bertz CT molecular complexity index is 1080. The van der Waals surface area contributed by atoms with Crippen LogP contribution in [0.3, 0.4) is 0 Å². The fraction of sp³-hybridized carbons (Fsp3) is 0.333. The molecule has 0 aliphatic carbocycles. The normalized spacial score (nSPS) is 18.2. The molecule has 0 radical (unpaired) electrons. The third-order valence-electron chi connectivity index (χ3n) is 5.97. The van der Waals surface area contributed by atoms with Crippen molar-refractivity contribution >= 4 is 16.8 Å². The number of ether oxygens (including phenoxy) is 2. The lowest BCUT2D eigenvalue weighted by molar-refractivity contribution is 0.0610. The summed E-state index contributed by atoms with van der Waals surface area (Å²) >= 11 is 0. The molecule has 148 valence electrons. The molecule has 1 atom stereocenters. The van der Waals surface area contributed by atoms with Crippen LogP contribution in [0.15, 0.2) is 48.5 Å². The number of carbonyl (C=O) groups excluding carboxylic acids is 1. The first-order chi connectivity index (χ1) is 14.2.